The molecule has 3 unspecified atom stereocenters. The summed E-state index contributed by atoms with van der Waals surface area (Å²) in [6.45, 7) is 5.88. The minimum Gasteiger partial charge on any atom is -0.377 e. The van der Waals surface area contributed by atoms with Crippen LogP contribution in [0.5, 0.6) is 0 Å². The van der Waals surface area contributed by atoms with E-state index in [1.807, 2.05) is 13.8 Å². The summed E-state index contributed by atoms with van der Waals surface area (Å²) in [4.78, 5) is 0. The Kier molecular flexibility index (Phi) is 4.07. The third kappa shape index (κ3) is 3.40. The van der Waals surface area contributed by atoms with E-state index in [2.05, 4.69) is 5.32 Å². The molecule has 100 valence electrons. The predicted octanol–water partition coefficient (Wildman–Crippen LogP) is 0.177. The Labute approximate surface area is 104 Å². The third-order valence-corrected chi connectivity index (χ3v) is 5.22. The van der Waals surface area contributed by atoms with E-state index in [0.717, 1.165) is 12.8 Å². The molecular formula is C11H22N2O3S. The van der Waals surface area contributed by atoms with E-state index < -0.39 is 10.0 Å². The molecule has 0 aromatic carbocycles. The third-order valence-electron chi connectivity index (χ3n) is 3.34. The molecule has 0 radical (unpaired) electrons. The van der Waals surface area contributed by atoms with Crippen LogP contribution in [0.25, 0.3) is 0 Å². The van der Waals surface area contributed by atoms with Crippen molar-refractivity contribution in [2.24, 2.45) is 0 Å². The lowest BCUT2D eigenvalue weighted by atomic mass is 10.2. The number of piperazine rings is 1. The van der Waals surface area contributed by atoms with Crippen LogP contribution in [0.1, 0.15) is 26.7 Å². The molecule has 0 saturated carbocycles. The first-order chi connectivity index (χ1) is 7.97. The zero-order valence-corrected chi connectivity index (χ0v) is 11.4. The molecule has 0 bridgehead atoms. The average Bonchev–Trinajstić information content (AvgIpc) is 2.68. The van der Waals surface area contributed by atoms with E-state index in [-0.39, 0.29) is 23.9 Å². The van der Waals surface area contributed by atoms with Crippen LogP contribution in [0.4, 0.5) is 0 Å². The second-order valence-corrected chi connectivity index (χ2v) is 7.21. The van der Waals surface area contributed by atoms with Crippen LogP contribution in [-0.2, 0) is 14.8 Å². The van der Waals surface area contributed by atoms with Crippen LogP contribution in [0, 0.1) is 0 Å². The fourth-order valence-electron chi connectivity index (χ4n) is 2.62. The lowest BCUT2D eigenvalue weighted by molar-refractivity contribution is 0.125. The van der Waals surface area contributed by atoms with Crippen LogP contribution < -0.4 is 5.32 Å². The van der Waals surface area contributed by atoms with Gasteiger partial charge in [0, 0.05) is 31.8 Å². The van der Waals surface area contributed by atoms with Gasteiger partial charge < -0.3 is 10.1 Å². The Morgan fingerprint density at radius 1 is 1.29 bits per heavy atom. The fraction of sp³-hybridized carbons (Fsp3) is 1.00. The topological polar surface area (TPSA) is 58.6 Å². The molecule has 17 heavy (non-hydrogen) atoms. The molecule has 0 spiro atoms. The maximum absolute atomic E-state index is 12.3. The lowest BCUT2D eigenvalue weighted by Gasteiger charge is -2.35. The summed E-state index contributed by atoms with van der Waals surface area (Å²) in [6, 6.07) is 0.441. The van der Waals surface area contributed by atoms with Crippen molar-refractivity contribution < 1.29 is 13.2 Å². The summed E-state index contributed by atoms with van der Waals surface area (Å²) < 4.78 is 31.5. The lowest BCUT2D eigenvalue weighted by Crippen LogP contribution is -2.56. The van der Waals surface area contributed by atoms with E-state index >= 15 is 0 Å². The quantitative estimate of drug-likeness (QED) is 0.788. The minimum atomic E-state index is -3.16. The molecule has 2 fully saturated rings. The van der Waals surface area contributed by atoms with Gasteiger partial charge in [-0.25, -0.2) is 8.42 Å². The van der Waals surface area contributed by atoms with Crippen molar-refractivity contribution in [2.75, 3.05) is 25.4 Å². The van der Waals surface area contributed by atoms with Gasteiger partial charge in [-0.1, -0.05) is 0 Å². The number of rotatable bonds is 3. The van der Waals surface area contributed by atoms with Crippen LogP contribution >= 0.6 is 0 Å². The van der Waals surface area contributed by atoms with Gasteiger partial charge in [0.1, 0.15) is 0 Å². The molecule has 0 aromatic heterocycles. The predicted molar refractivity (Wildman–Crippen MR) is 66.4 cm³/mol. The largest absolute Gasteiger partial charge is 0.377 e. The SMILES string of the molecule is CC1CN(S(=O)(=O)CC2CCCO2)CC(C)N1. The fourth-order valence-corrected chi connectivity index (χ4v) is 4.46. The molecular weight excluding hydrogens is 240 g/mol. The van der Waals surface area contributed by atoms with Gasteiger partial charge in [0.2, 0.25) is 10.0 Å². The number of hydrogen-bond donors (Lipinski definition) is 1. The molecule has 0 aliphatic carbocycles. The maximum Gasteiger partial charge on any atom is 0.216 e. The van der Waals surface area contributed by atoms with Crippen LogP contribution in [0.15, 0.2) is 0 Å². The second-order valence-electron chi connectivity index (χ2n) is 5.20. The molecule has 0 amide bonds. The van der Waals surface area contributed by atoms with Gasteiger partial charge in [-0.3, -0.25) is 0 Å². The first-order valence-corrected chi connectivity index (χ1v) is 7.94. The highest BCUT2D eigenvalue weighted by molar-refractivity contribution is 7.89. The zero-order valence-electron chi connectivity index (χ0n) is 10.6. The van der Waals surface area contributed by atoms with E-state index in [9.17, 15) is 8.42 Å². The van der Waals surface area contributed by atoms with Gasteiger partial charge in [0.05, 0.1) is 11.9 Å². The van der Waals surface area contributed by atoms with E-state index in [4.69, 9.17) is 4.74 Å². The summed E-state index contributed by atoms with van der Waals surface area (Å²) >= 11 is 0. The number of ether oxygens (including phenoxy) is 1. The molecule has 0 aromatic rings. The van der Waals surface area contributed by atoms with Crippen molar-refractivity contribution in [3.63, 3.8) is 0 Å². The first-order valence-electron chi connectivity index (χ1n) is 6.33. The minimum absolute atomic E-state index is 0.0968. The molecule has 6 heteroatoms. The monoisotopic (exact) mass is 262 g/mol. The summed E-state index contributed by atoms with van der Waals surface area (Å²) in [6.07, 6.45) is 1.76. The zero-order chi connectivity index (χ0) is 12.5. The van der Waals surface area contributed by atoms with Crippen molar-refractivity contribution in [1.29, 1.82) is 0 Å². The van der Waals surface area contributed by atoms with Crippen molar-refractivity contribution >= 4 is 10.0 Å². The van der Waals surface area contributed by atoms with Crippen molar-refractivity contribution in [3.05, 3.63) is 0 Å². The molecule has 2 rings (SSSR count). The summed E-state index contributed by atoms with van der Waals surface area (Å²) in [7, 11) is -3.16. The number of sulfonamides is 1. The summed E-state index contributed by atoms with van der Waals surface area (Å²) in [5, 5.41) is 3.34. The Balaban J connectivity index is 1.98. The number of nitrogens with one attached hydrogen (secondary N) is 1. The van der Waals surface area contributed by atoms with Gasteiger partial charge in [0.15, 0.2) is 0 Å². The highest BCUT2D eigenvalue weighted by atomic mass is 32.2. The Hall–Kier alpha value is -0.170. The van der Waals surface area contributed by atoms with Gasteiger partial charge >= 0.3 is 0 Å². The molecule has 2 aliphatic rings. The Morgan fingerprint density at radius 3 is 2.47 bits per heavy atom. The second kappa shape index (κ2) is 5.22. The molecule has 2 heterocycles. The number of hydrogen-bond acceptors (Lipinski definition) is 4. The molecule has 1 N–H and O–H groups in total. The summed E-state index contributed by atoms with van der Waals surface area (Å²) in [5.74, 6) is 0.145. The average molecular weight is 262 g/mol. The smallest absolute Gasteiger partial charge is 0.216 e. The number of nitrogens with zero attached hydrogens (tertiary/aromatic N) is 1. The first kappa shape index (κ1) is 13.3. The van der Waals surface area contributed by atoms with Crippen LogP contribution in [-0.4, -0.2) is 56.4 Å². The highest BCUT2D eigenvalue weighted by Crippen LogP contribution is 2.17. The van der Waals surface area contributed by atoms with E-state index in [1.54, 1.807) is 4.31 Å². The molecule has 2 saturated heterocycles. The molecule has 3 atom stereocenters. The van der Waals surface area contributed by atoms with Crippen LogP contribution in [0.2, 0.25) is 0 Å². The maximum atomic E-state index is 12.3. The van der Waals surface area contributed by atoms with Crippen molar-refractivity contribution in [2.45, 2.75) is 44.9 Å². The van der Waals surface area contributed by atoms with Gasteiger partial charge in [-0.2, -0.15) is 4.31 Å². The van der Waals surface area contributed by atoms with Gasteiger partial charge in [0.25, 0.3) is 0 Å². The van der Waals surface area contributed by atoms with Crippen molar-refractivity contribution in [3.8, 4) is 0 Å². The standard InChI is InChI=1S/C11H22N2O3S/c1-9-6-13(7-10(2)12-9)17(14,15)8-11-4-3-5-16-11/h9-12H,3-8H2,1-2H3. The van der Waals surface area contributed by atoms with E-state index in [0.29, 0.717) is 19.7 Å². The van der Waals surface area contributed by atoms with Gasteiger partial charge in [-0.15, -0.1) is 0 Å². The Bertz CT molecular complexity index is 342. The van der Waals surface area contributed by atoms with E-state index in [1.165, 1.54) is 0 Å². The van der Waals surface area contributed by atoms with Gasteiger partial charge in [-0.05, 0) is 26.7 Å². The van der Waals surface area contributed by atoms with Crippen LogP contribution in [0.3, 0.4) is 0 Å². The molecule has 5 nitrogen and oxygen atoms in total. The Morgan fingerprint density at radius 2 is 1.94 bits per heavy atom. The summed E-state index contributed by atoms with van der Waals surface area (Å²) in [5.41, 5.74) is 0. The normalized spacial score (nSPS) is 36.2. The van der Waals surface area contributed by atoms with Crippen molar-refractivity contribution in [1.82, 2.24) is 9.62 Å². The molecule has 2 aliphatic heterocycles. The highest BCUT2D eigenvalue weighted by Gasteiger charge is 2.33.